The summed E-state index contributed by atoms with van der Waals surface area (Å²) >= 11 is 0. The Morgan fingerprint density at radius 2 is 1.63 bits per heavy atom. The Labute approximate surface area is 243 Å². The molecule has 0 amide bonds. The number of hydrogen-bond donors (Lipinski definition) is 4. The third-order valence-electron chi connectivity index (χ3n) is 7.16. The molecule has 0 saturated heterocycles. The average molecular weight is 581 g/mol. The molecule has 0 aliphatic carbocycles. The number of carboxylic acids is 2. The zero-order valence-corrected chi connectivity index (χ0v) is 22.6. The Kier molecular flexibility index (Phi) is 7.26. The SMILES string of the molecule is O=C(O)C(Cc1ccccc1)(OCc1[nH]nc2cc(-n3nnc4c(F)cc(NCc5ccccc5)cc43)ccc12)C(=O)O. The Morgan fingerprint density at radius 3 is 2.33 bits per heavy atom. The van der Waals surface area contributed by atoms with Crippen LogP contribution in [0.2, 0.25) is 0 Å². The third kappa shape index (κ3) is 5.38. The number of anilines is 1. The lowest BCUT2D eigenvalue weighted by atomic mass is 9.94. The van der Waals surface area contributed by atoms with Gasteiger partial charge < -0.3 is 20.3 Å². The predicted octanol–water partition coefficient (Wildman–Crippen LogP) is 4.72. The van der Waals surface area contributed by atoms with Gasteiger partial charge in [-0.15, -0.1) is 5.10 Å². The fourth-order valence-electron chi connectivity index (χ4n) is 4.87. The Morgan fingerprint density at radius 1 is 0.930 bits per heavy atom. The number of rotatable bonds is 11. The second-order valence-electron chi connectivity index (χ2n) is 9.96. The standard InChI is InChI=1S/C31H25FN6O5/c32-24-13-21(33-17-20-9-5-2-6-10-20)14-27-28(24)36-37-38(27)22-11-12-23-25(15-22)34-35-26(23)18-43-31(29(39)40,30(41)42)16-19-7-3-1-4-8-19/h1-15,33H,16-18H2,(H,34,35)(H,39,40)(H,41,42). The zero-order valence-electron chi connectivity index (χ0n) is 22.6. The molecule has 0 unspecified atom stereocenters. The number of nitrogens with one attached hydrogen (secondary N) is 2. The molecule has 0 fully saturated rings. The van der Waals surface area contributed by atoms with Crippen LogP contribution >= 0.6 is 0 Å². The number of carboxylic acid groups (broad SMARTS) is 2. The number of hydrogen-bond acceptors (Lipinski definition) is 7. The van der Waals surface area contributed by atoms with Crippen molar-refractivity contribution in [3.05, 3.63) is 114 Å². The summed E-state index contributed by atoms with van der Waals surface area (Å²) in [5.41, 5.74) is 1.59. The van der Waals surface area contributed by atoms with Crippen molar-refractivity contribution in [1.29, 1.82) is 0 Å². The number of nitrogens with zero attached hydrogens (tertiary/aromatic N) is 4. The van der Waals surface area contributed by atoms with Crippen molar-refractivity contribution in [2.45, 2.75) is 25.2 Å². The van der Waals surface area contributed by atoms with Gasteiger partial charge in [-0.25, -0.2) is 18.7 Å². The largest absolute Gasteiger partial charge is 0.479 e. The summed E-state index contributed by atoms with van der Waals surface area (Å²) < 4.78 is 22.0. The van der Waals surface area contributed by atoms with E-state index in [2.05, 4.69) is 25.8 Å². The fourth-order valence-corrected chi connectivity index (χ4v) is 4.87. The first-order chi connectivity index (χ1) is 20.8. The van der Waals surface area contributed by atoms with Crippen LogP contribution in [0, 0.1) is 5.82 Å². The van der Waals surface area contributed by atoms with E-state index >= 15 is 0 Å². The van der Waals surface area contributed by atoms with E-state index in [0.29, 0.717) is 45.6 Å². The number of halogens is 1. The maximum absolute atomic E-state index is 14.9. The van der Waals surface area contributed by atoms with E-state index in [0.717, 1.165) is 5.56 Å². The summed E-state index contributed by atoms with van der Waals surface area (Å²) in [5.74, 6) is -3.74. The fraction of sp³-hybridized carbons (Fsp3) is 0.129. The molecule has 0 bridgehead atoms. The van der Waals surface area contributed by atoms with Crippen LogP contribution in [-0.4, -0.2) is 52.9 Å². The second kappa shape index (κ2) is 11.3. The number of fused-ring (bicyclic) bond motifs is 2. The van der Waals surface area contributed by atoms with Crippen LogP contribution in [0.5, 0.6) is 0 Å². The third-order valence-corrected chi connectivity index (χ3v) is 7.16. The summed E-state index contributed by atoms with van der Waals surface area (Å²) in [6, 6.07) is 26.4. The molecule has 0 aliphatic heterocycles. The molecule has 11 nitrogen and oxygen atoms in total. The van der Waals surface area contributed by atoms with Gasteiger partial charge in [0.1, 0.15) is 5.52 Å². The Bertz CT molecular complexity index is 1930. The molecular weight excluding hydrogens is 555 g/mol. The number of benzene rings is 4. The Balaban J connectivity index is 1.26. The molecule has 43 heavy (non-hydrogen) atoms. The molecule has 0 spiro atoms. The van der Waals surface area contributed by atoms with E-state index in [1.54, 1.807) is 54.6 Å². The smallest absolute Gasteiger partial charge is 0.348 e. The first-order valence-electron chi connectivity index (χ1n) is 13.3. The number of H-pyrrole nitrogens is 1. The minimum Gasteiger partial charge on any atom is -0.479 e. The van der Waals surface area contributed by atoms with Gasteiger partial charge in [0, 0.05) is 24.0 Å². The quantitative estimate of drug-likeness (QED) is 0.159. The van der Waals surface area contributed by atoms with Crippen molar-refractivity contribution in [3.8, 4) is 5.69 Å². The maximum atomic E-state index is 14.9. The highest BCUT2D eigenvalue weighted by molar-refractivity contribution is 6.02. The van der Waals surface area contributed by atoms with Gasteiger partial charge in [0.05, 0.1) is 29.0 Å². The van der Waals surface area contributed by atoms with Crippen LogP contribution in [0.15, 0.2) is 91.0 Å². The molecule has 0 aliphatic rings. The van der Waals surface area contributed by atoms with E-state index in [1.165, 1.54) is 10.7 Å². The number of ether oxygens (including phenoxy) is 1. The summed E-state index contributed by atoms with van der Waals surface area (Å²) in [4.78, 5) is 24.3. The van der Waals surface area contributed by atoms with Crippen LogP contribution in [0.4, 0.5) is 10.1 Å². The highest BCUT2D eigenvalue weighted by Crippen LogP contribution is 2.28. The Hall–Kier alpha value is -5.62. The molecule has 2 heterocycles. The molecule has 6 aromatic rings. The highest BCUT2D eigenvalue weighted by atomic mass is 19.1. The van der Waals surface area contributed by atoms with Gasteiger partial charge in [0.25, 0.3) is 5.60 Å². The van der Waals surface area contributed by atoms with E-state index in [1.807, 2.05) is 30.3 Å². The number of carbonyl (C=O) groups is 2. The molecule has 2 aromatic heterocycles. The van der Waals surface area contributed by atoms with Crippen molar-refractivity contribution < 1.29 is 28.9 Å². The minimum absolute atomic E-state index is 0.110. The first kappa shape index (κ1) is 27.5. The van der Waals surface area contributed by atoms with Crippen LogP contribution in [-0.2, 0) is 33.9 Å². The van der Waals surface area contributed by atoms with E-state index in [-0.39, 0.29) is 18.5 Å². The topological polar surface area (TPSA) is 155 Å². The molecule has 0 atom stereocenters. The van der Waals surface area contributed by atoms with Gasteiger partial charge in [-0.1, -0.05) is 65.9 Å². The highest BCUT2D eigenvalue weighted by Gasteiger charge is 2.48. The summed E-state index contributed by atoms with van der Waals surface area (Å²) in [7, 11) is 0. The van der Waals surface area contributed by atoms with E-state index in [4.69, 9.17) is 4.74 Å². The summed E-state index contributed by atoms with van der Waals surface area (Å²) in [6.45, 7) is 0.156. The van der Waals surface area contributed by atoms with Crippen LogP contribution in [0.1, 0.15) is 16.8 Å². The van der Waals surface area contributed by atoms with Gasteiger partial charge in [0.2, 0.25) is 0 Å². The number of aromatic nitrogens is 5. The normalized spacial score (nSPS) is 11.7. The average Bonchev–Trinajstić information content (AvgIpc) is 3.63. The van der Waals surface area contributed by atoms with Crippen LogP contribution < -0.4 is 5.32 Å². The lowest BCUT2D eigenvalue weighted by molar-refractivity contribution is -0.185. The molecular formula is C31H25FN6O5. The van der Waals surface area contributed by atoms with Crippen LogP contribution in [0.25, 0.3) is 27.6 Å². The second-order valence-corrected chi connectivity index (χ2v) is 9.96. The van der Waals surface area contributed by atoms with Crippen molar-refractivity contribution in [2.24, 2.45) is 0 Å². The molecule has 4 N–H and O–H groups in total. The van der Waals surface area contributed by atoms with E-state index in [9.17, 15) is 24.2 Å². The van der Waals surface area contributed by atoms with Crippen molar-refractivity contribution in [3.63, 3.8) is 0 Å². The molecule has 4 aromatic carbocycles. The summed E-state index contributed by atoms with van der Waals surface area (Å²) in [5, 5.41) is 38.8. The lowest BCUT2D eigenvalue weighted by Crippen LogP contribution is -2.51. The zero-order chi connectivity index (χ0) is 30.0. The molecule has 216 valence electrons. The molecule has 0 saturated carbocycles. The van der Waals surface area contributed by atoms with Gasteiger partial charge in [-0.3, -0.25) is 5.10 Å². The van der Waals surface area contributed by atoms with Gasteiger partial charge in [-0.2, -0.15) is 5.10 Å². The number of aromatic amines is 1. The van der Waals surface area contributed by atoms with Gasteiger partial charge in [-0.05, 0) is 41.5 Å². The first-order valence-corrected chi connectivity index (χ1v) is 13.3. The van der Waals surface area contributed by atoms with Crippen LogP contribution in [0.3, 0.4) is 0 Å². The molecule has 6 rings (SSSR count). The van der Waals surface area contributed by atoms with Crippen molar-refractivity contribution in [2.75, 3.05) is 5.32 Å². The summed E-state index contributed by atoms with van der Waals surface area (Å²) in [6.07, 6.45) is -0.368. The van der Waals surface area contributed by atoms with Gasteiger partial charge >= 0.3 is 11.9 Å². The maximum Gasteiger partial charge on any atom is 0.348 e. The minimum atomic E-state index is -2.51. The van der Waals surface area contributed by atoms with Crippen molar-refractivity contribution in [1.82, 2.24) is 25.2 Å². The number of aliphatic carboxylic acids is 2. The molecule has 12 heteroatoms. The monoisotopic (exact) mass is 580 g/mol. The van der Waals surface area contributed by atoms with Crippen molar-refractivity contribution >= 4 is 39.6 Å². The van der Waals surface area contributed by atoms with Gasteiger partial charge in [0.15, 0.2) is 5.82 Å². The predicted molar refractivity (Wildman–Crippen MR) is 155 cm³/mol. The molecule has 0 radical (unpaired) electrons. The lowest BCUT2D eigenvalue weighted by Gasteiger charge is -2.25. The van der Waals surface area contributed by atoms with E-state index < -0.39 is 23.4 Å².